The first-order valence-corrected chi connectivity index (χ1v) is 10.7. The first kappa shape index (κ1) is 19.5. The van der Waals surface area contributed by atoms with E-state index < -0.39 is 0 Å². The summed E-state index contributed by atoms with van der Waals surface area (Å²) in [5, 5.41) is 9.61. The lowest BCUT2D eigenvalue weighted by molar-refractivity contribution is 0.344. The molecule has 0 saturated heterocycles. The van der Waals surface area contributed by atoms with E-state index in [0.717, 1.165) is 29.1 Å². The summed E-state index contributed by atoms with van der Waals surface area (Å²) < 4.78 is 11.5. The summed E-state index contributed by atoms with van der Waals surface area (Å²) in [6, 6.07) is 16.0. The highest BCUT2D eigenvalue weighted by Gasteiger charge is 2.11. The molecule has 29 heavy (non-hydrogen) atoms. The molecular formula is C22H24N4O2S. The summed E-state index contributed by atoms with van der Waals surface area (Å²) in [5.74, 6) is 3.59. The van der Waals surface area contributed by atoms with Gasteiger partial charge in [-0.05, 0) is 43.9 Å². The van der Waals surface area contributed by atoms with E-state index >= 15 is 0 Å². The summed E-state index contributed by atoms with van der Waals surface area (Å²) in [5.41, 5.74) is 3.27. The molecule has 0 radical (unpaired) electrons. The van der Waals surface area contributed by atoms with Gasteiger partial charge >= 0.3 is 0 Å². The number of thioether (sulfide) groups is 1. The zero-order valence-corrected chi connectivity index (χ0v) is 17.4. The van der Waals surface area contributed by atoms with Crippen LogP contribution in [0.3, 0.4) is 0 Å². The number of nitrogens with one attached hydrogen (secondary N) is 1. The van der Waals surface area contributed by atoms with Gasteiger partial charge in [-0.3, -0.25) is 0 Å². The standard InChI is InChI=1S/C22H24N4O2S/c1-26(2)14-17-13-23-20-12-16(8-9-19(17)20)22-25-24-21(28-22)15-29-11-10-27-18-6-4-3-5-7-18/h3-9,12-13,23H,10-11,14-15H2,1-2H3. The molecule has 0 spiro atoms. The van der Waals surface area contributed by atoms with Crippen molar-refractivity contribution < 1.29 is 9.15 Å². The number of H-pyrrole nitrogens is 1. The maximum atomic E-state index is 5.85. The van der Waals surface area contributed by atoms with Crippen LogP contribution in [0.25, 0.3) is 22.4 Å². The maximum absolute atomic E-state index is 5.85. The van der Waals surface area contributed by atoms with Gasteiger partial charge in [0.2, 0.25) is 11.8 Å². The van der Waals surface area contributed by atoms with Crippen LogP contribution in [0.5, 0.6) is 5.75 Å². The van der Waals surface area contributed by atoms with E-state index in [0.29, 0.717) is 24.1 Å². The van der Waals surface area contributed by atoms with E-state index in [1.54, 1.807) is 11.8 Å². The molecule has 0 aliphatic rings. The number of fused-ring (bicyclic) bond motifs is 1. The lowest BCUT2D eigenvalue weighted by Gasteiger charge is -2.07. The Bertz CT molecular complexity index is 1060. The Morgan fingerprint density at radius 2 is 1.97 bits per heavy atom. The van der Waals surface area contributed by atoms with Gasteiger partial charge in [0.05, 0.1) is 12.4 Å². The summed E-state index contributed by atoms with van der Waals surface area (Å²) >= 11 is 1.71. The van der Waals surface area contributed by atoms with Crippen LogP contribution >= 0.6 is 11.8 Å². The van der Waals surface area contributed by atoms with Crippen molar-refractivity contribution in [2.75, 3.05) is 26.5 Å². The fourth-order valence-electron chi connectivity index (χ4n) is 3.11. The van der Waals surface area contributed by atoms with E-state index in [-0.39, 0.29) is 0 Å². The molecule has 2 aromatic carbocycles. The number of aromatic nitrogens is 3. The summed E-state index contributed by atoms with van der Waals surface area (Å²) in [6.45, 7) is 1.55. The third-order valence-electron chi connectivity index (χ3n) is 4.43. The van der Waals surface area contributed by atoms with Crippen LogP contribution in [-0.2, 0) is 12.3 Å². The molecule has 4 rings (SSSR count). The van der Waals surface area contributed by atoms with Gasteiger partial charge in [-0.1, -0.05) is 24.3 Å². The minimum absolute atomic E-state index is 0.548. The highest BCUT2D eigenvalue weighted by Crippen LogP contribution is 2.26. The SMILES string of the molecule is CN(C)Cc1c[nH]c2cc(-c3nnc(CSCCOc4ccccc4)o3)ccc12. The quantitative estimate of drug-likeness (QED) is 0.409. The molecule has 0 atom stereocenters. The second-order valence-electron chi connectivity index (χ2n) is 7.03. The Balaban J connectivity index is 1.32. The van der Waals surface area contributed by atoms with Crippen molar-refractivity contribution in [1.29, 1.82) is 0 Å². The Labute approximate surface area is 174 Å². The monoisotopic (exact) mass is 408 g/mol. The molecule has 7 heteroatoms. The number of aromatic amines is 1. The predicted octanol–water partition coefficient (Wildman–Crippen LogP) is 4.59. The molecular weight excluding hydrogens is 384 g/mol. The number of nitrogens with zero attached hydrogens (tertiary/aromatic N) is 3. The Morgan fingerprint density at radius 1 is 1.10 bits per heavy atom. The van der Waals surface area contributed by atoms with Crippen molar-refractivity contribution >= 4 is 22.7 Å². The molecule has 2 heterocycles. The fourth-order valence-corrected chi connectivity index (χ4v) is 3.75. The Hall–Kier alpha value is -2.77. The van der Waals surface area contributed by atoms with Crippen molar-refractivity contribution in [2.24, 2.45) is 0 Å². The molecule has 0 aliphatic heterocycles. The van der Waals surface area contributed by atoms with Gasteiger partial charge in [-0.25, -0.2) is 0 Å². The zero-order chi connectivity index (χ0) is 20.1. The second-order valence-corrected chi connectivity index (χ2v) is 8.13. The van der Waals surface area contributed by atoms with E-state index in [1.165, 1.54) is 10.9 Å². The molecule has 1 N–H and O–H groups in total. The van der Waals surface area contributed by atoms with Gasteiger partial charge in [-0.15, -0.1) is 22.0 Å². The Morgan fingerprint density at radius 3 is 2.79 bits per heavy atom. The fraction of sp³-hybridized carbons (Fsp3) is 0.273. The van der Waals surface area contributed by atoms with Crippen LogP contribution in [0.1, 0.15) is 11.5 Å². The van der Waals surface area contributed by atoms with Crippen molar-refractivity contribution in [3.63, 3.8) is 0 Å². The van der Waals surface area contributed by atoms with Crippen molar-refractivity contribution in [1.82, 2.24) is 20.1 Å². The van der Waals surface area contributed by atoms with E-state index in [9.17, 15) is 0 Å². The number of para-hydroxylation sites is 1. The molecule has 4 aromatic rings. The van der Waals surface area contributed by atoms with Crippen LogP contribution in [-0.4, -0.2) is 46.5 Å². The van der Waals surface area contributed by atoms with Crippen molar-refractivity contribution in [3.05, 3.63) is 66.2 Å². The van der Waals surface area contributed by atoms with Gasteiger partial charge in [0.1, 0.15) is 5.75 Å². The average molecular weight is 409 g/mol. The molecule has 6 nitrogen and oxygen atoms in total. The van der Waals surface area contributed by atoms with Crippen LogP contribution in [0.4, 0.5) is 0 Å². The van der Waals surface area contributed by atoms with Crippen LogP contribution in [0.15, 0.2) is 59.1 Å². The van der Waals surface area contributed by atoms with Gasteiger partial charge in [0.15, 0.2) is 0 Å². The molecule has 2 aromatic heterocycles. The molecule has 0 saturated carbocycles. The largest absolute Gasteiger partial charge is 0.493 e. The predicted molar refractivity (Wildman–Crippen MR) is 117 cm³/mol. The highest BCUT2D eigenvalue weighted by molar-refractivity contribution is 7.98. The number of rotatable bonds is 9. The maximum Gasteiger partial charge on any atom is 0.247 e. The number of hydrogen-bond acceptors (Lipinski definition) is 6. The first-order chi connectivity index (χ1) is 14.2. The molecule has 0 aliphatic carbocycles. The van der Waals surface area contributed by atoms with Crippen LogP contribution in [0.2, 0.25) is 0 Å². The zero-order valence-electron chi connectivity index (χ0n) is 16.6. The summed E-state index contributed by atoms with van der Waals surface area (Å²) in [4.78, 5) is 5.49. The minimum Gasteiger partial charge on any atom is -0.493 e. The first-order valence-electron chi connectivity index (χ1n) is 9.52. The number of benzene rings is 2. The van der Waals surface area contributed by atoms with E-state index in [2.05, 4.69) is 52.5 Å². The van der Waals surface area contributed by atoms with Crippen LogP contribution in [0, 0.1) is 0 Å². The molecule has 0 bridgehead atoms. The van der Waals surface area contributed by atoms with E-state index in [1.807, 2.05) is 36.4 Å². The summed E-state index contributed by atoms with van der Waals surface area (Å²) in [6.07, 6.45) is 2.06. The van der Waals surface area contributed by atoms with Gasteiger partial charge in [0, 0.05) is 35.0 Å². The second kappa shape index (κ2) is 9.15. The number of ether oxygens (including phenoxy) is 1. The molecule has 0 fully saturated rings. The Kier molecular flexibility index (Phi) is 6.17. The highest BCUT2D eigenvalue weighted by atomic mass is 32.2. The van der Waals surface area contributed by atoms with Crippen LogP contribution < -0.4 is 4.74 Å². The normalized spacial score (nSPS) is 11.4. The number of hydrogen-bond donors (Lipinski definition) is 1. The average Bonchev–Trinajstić information content (AvgIpc) is 3.35. The van der Waals surface area contributed by atoms with Gasteiger partial charge < -0.3 is 19.0 Å². The summed E-state index contributed by atoms with van der Waals surface area (Å²) in [7, 11) is 4.14. The lowest BCUT2D eigenvalue weighted by atomic mass is 10.1. The lowest BCUT2D eigenvalue weighted by Crippen LogP contribution is -2.09. The van der Waals surface area contributed by atoms with Crippen molar-refractivity contribution in [3.8, 4) is 17.2 Å². The third-order valence-corrected chi connectivity index (χ3v) is 5.34. The van der Waals surface area contributed by atoms with Gasteiger partial charge in [-0.2, -0.15) is 0 Å². The molecule has 0 amide bonds. The minimum atomic E-state index is 0.548. The molecule has 150 valence electrons. The van der Waals surface area contributed by atoms with E-state index in [4.69, 9.17) is 9.15 Å². The topological polar surface area (TPSA) is 67.2 Å². The molecule has 0 unspecified atom stereocenters. The third kappa shape index (κ3) is 4.99. The van der Waals surface area contributed by atoms with Gasteiger partial charge in [0.25, 0.3) is 0 Å². The van der Waals surface area contributed by atoms with Crippen molar-refractivity contribution in [2.45, 2.75) is 12.3 Å². The smallest absolute Gasteiger partial charge is 0.247 e.